The number of anilines is 1. The Morgan fingerprint density at radius 1 is 1.20 bits per heavy atom. The molecule has 102 valence electrons. The molecule has 0 spiro atoms. The topological polar surface area (TPSA) is 98.3 Å². The molecule has 0 aromatic heterocycles. The summed E-state index contributed by atoms with van der Waals surface area (Å²) >= 11 is 0. The van der Waals surface area contributed by atoms with Crippen molar-refractivity contribution in [1.29, 1.82) is 0 Å². The largest absolute Gasteiger partial charge is 0.381 e. The van der Waals surface area contributed by atoms with Crippen LogP contribution in [-0.4, -0.2) is 10.8 Å². The third-order valence-electron chi connectivity index (χ3n) is 2.79. The number of non-ortho nitro benzene ring substituents is 1. The molecule has 6 nitrogen and oxygen atoms in total. The van der Waals surface area contributed by atoms with Crippen molar-refractivity contribution in [3.63, 3.8) is 0 Å². The average molecular weight is 271 g/mol. The Hall–Kier alpha value is -2.89. The number of primary amides is 1. The molecule has 0 fully saturated rings. The third kappa shape index (κ3) is 3.32. The number of nitrogens with one attached hydrogen (secondary N) is 1. The lowest BCUT2D eigenvalue weighted by atomic mass is 10.1. The summed E-state index contributed by atoms with van der Waals surface area (Å²) in [6.45, 7) is 0.500. The highest BCUT2D eigenvalue weighted by atomic mass is 16.6. The van der Waals surface area contributed by atoms with Gasteiger partial charge in [0.1, 0.15) is 0 Å². The maximum Gasteiger partial charge on any atom is 0.271 e. The van der Waals surface area contributed by atoms with Crippen LogP contribution in [0.3, 0.4) is 0 Å². The Morgan fingerprint density at radius 3 is 2.50 bits per heavy atom. The van der Waals surface area contributed by atoms with Gasteiger partial charge in [0.05, 0.1) is 4.92 Å². The van der Waals surface area contributed by atoms with Crippen molar-refractivity contribution in [2.24, 2.45) is 5.73 Å². The van der Waals surface area contributed by atoms with Gasteiger partial charge in [0.15, 0.2) is 0 Å². The molecule has 0 heterocycles. The van der Waals surface area contributed by atoms with Gasteiger partial charge in [-0.1, -0.05) is 18.2 Å². The molecule has 2 rings (SSSR count). The lowest BCUT2D eigenvalue weighted by Gasteiger charge is -2.06. The van der Waals surface area contributed by atoms with Gasteiger partial charge in [-0.3, -0.25) is 14.9 Å². The Labute approximate surface area is 115 Å². The molecule has 20 heavy (non-hydrogen) atoms. The summed E-state index contributed by atoms with van der Waals surface area (Å²) in [6.07, 6.45) is 0. The van der Waals surface area contributed by atoms with Gasteiger partial charge in [-0.25, -0.2) is 0 Å². The predicted molar refractivity (Wildman–Crippen MR) is 75.4 cm³/mol. The molecule has 0 atom stereocenters. The molecule has 0 aliphatic rings. The molecule has 0 aliphatic heterocycles. The summed E-state index contributed by atoms with van der Waals surface area (Å²) in [5, 5.41) is 13.7. The lowest BCUT2D eigenvalue weighted by Crippen LogP contribution is -2.10. The van der Waals surface area contributed by atoms with E-state index in [4.69, 9.17) is 5.73 Å². The van der Waals surface area contributed by atoms with Gasteiger partial charge in [0, 0.05) is 29.9 Å². The first-order valence-electron chi connectivity index (χ1n) is 5.93. The van der Waals surface area contributed by atoms with Crippen LogP contribution in [0, 0.1) is 10.1 Å². The fraction of sp³-hybridized carbons (Fsp3) is 0.0714. The second kappa shape index (κ2) is 5.83. The first-order chi connectivity index (χ1) is 9.56. The van der Waals surface area contributed by atoms with Gasteiger partial charge in [0.25, 0.3) is 5.69 Å². The summed E-state index contributed by atoms with van der Waals surface area (Å²) in [5.74, 6) is -0.469. The van der Waals surface area contributed by atoms with Crippen LogP contribution in [-0.2, 0) is 6.54 Å². The zero-order valence-electron chi connectivity index (χ0n) is 10.6. The minimum absolute atomic E-state index is 0.0408. The van der Waals surface area contributed by atoms with Crippen molar-refractivity contribution in [2.75, 3.05) is 5.32 Å². The number of rotatable bonds is 5. The zero-order valence-corrected chi connectivity index (χ0v) is 10.6. The fourth-order valence-electron chi connectivity index (χ4n) is 1.72. The summed E-state index contributed by atoms with van der Waals surface area (Å²) in [5.41, 5.74) is 7.26. The Kier molecular flexibility index (Phi) is 3.95. The van der Waals surface area contributed by atoms with E-state index in [1.807, 2.05) is 0 Å². The number of hydrogen-bond donors (Lipinski definition) is 2. The van der Waals surface area contributed by atoms with Crippen LogP contribution in [0.1, 0.15) is 15.9 Å². The molecule has 0 saturated heterocycles. The summed E-state index contributed by atoms with van der Waals surface area (Å²) in [6, 6.07) is 13.1. The Morgan fingerprint density at radius 2 is 1.90 bits per heavy atom. The molecule has 0 aliphatic carbocycles. The van der Waals surface area contributed by atoms with Crippen LogP contribution in [0.2, 0.25) is 0 Å². The molecule has 3 N–H and O–H groups in total. The van der Waals surface area contributed by atoms with Crippen LogP contribution >= 0.6 is 0 Å². The molecule has 0 saturated carbocycles. The monoisotopic (exact) mass is 271 g/mol. The normalized spacial score (nSPS) is 10.0. The van der Waals surface area contributed by atoms with Crippen molar-refractivity contribution in [2.45, 2.75) is 6.54 Å². The first kappa shape index (κ1) is 13.5. The van der Waals surface area contributed by atoms with Crippen molar-refractivity contribution in [1.82, 2.24) is 0 Å². The van der Waals surface area contributed by atoms with Gasteiger partial charge in [-0.15, -0.1) is 0 Å². The molecule has 6 heteroatoms. The molecule has 0 bridgehead atoms. The standard InChI is InChI=1S/C14H13N3O3/c15-14(18)11-6-4-10(5-7-11)9-16-12-2-1-3-13(8-12)17(19)20/h1-8,16H,9H2,(H2,15,18). The van der Waals surface area contributed by atoms with Gasteiger partial charge in [-0.2, -0.15) is 0 Å². The molecular formula is C14H13N3O3. The number of hydrogen-bond acceptors (Lipinski definition) is 4. The number of nitro benzene ring substituents is 1. The number of benzene rings is 2. The quantitative estimate of drug-likeness (QED) is 0.644. The van der Waals surface area contributed by atoms with Crippen molar-refractivity contribution in [3.05, 3.63) is 69.8 Å². The van der Waals surface area contributed by atoms with E-state index in [1.165, 1.54) is 12.1 Å². The van der Waals surface area contributed by atoms with Gasteiger partial charge >= 0.3 is 0 Å². The van der Waals surface area contributed by atoms with Crippen LogP contribution in [0.15, 0.2) is 48.5 Å². The summed E-state index contributed by atoms with van der Waals surface area (Å²) in [4.78, 5) is 21.2. The third-order valence-corrected chi connectivity index (χ3v) is 2.79. The van der Waals surface area contributed by atoms with E-state index in [0.717, 1.165) is 5.56 Å². The molecule has 0 radical (unpaired) electrons. The molecule has 1 amide bonds. The van der Waals surface area contributed by atoms with Crippen LogP contribution < -0.4 is 11.1 Å². The zero-order chi connectivity index (χ0) is 14.5. The summed E-state index contributed by atoms with van der Waals surface area (Å²) in [7, 11) is 0. The highest BCUT2D eigenvalue weighted by molar-refractivity contribution is 5.92. The van der Waals surface area contributed by atoms with E-state index >= 15 is 0 Å². The van der Waals surface area contributed by atoms with Crippen LogP contribution in [0.25, 0.3) is 0 Å². The Balaban J connectivity index is 2.03. The smallest absolute Gasteiger partial charge is 0.271 e. The molecule has 2 aromatic carbocycles. The number of amides is 1. The highest BCUT2D eigenvalue weighted by Crippen LogP contribution is 2.17. The van der Waals surface area contributed by atoms with Crippen LogP contribution in [0.4, 0.5) is 11.4 Å². The van der Waals surface area contributed by atoms with E-state index < -0.39 is 10.8 Å². The molecular weight excluding hydrogens is 258 g/mol. The number of nitro groups is 1. The number of nitrogens with two attached hydrogens (primary N) is 1. The minimum Gasteiger partial charge on any atom is -0.381 e. The second-order valence-electron chi connectivity index (χ2n) is 4.22. The Bertz CT molecular complexity index is 638. The van der Waals surface area contributed by atoms with Crippen LogP contribution in [0.5, 0.6) is 0 Å². The van der Waals surface area contributed by atoms with Gasteiger partial charge < -0.3 is 11.1 Å². The first-order valence-corrected chi connectivity index (χ1v) is 5.93. The van der Waals surface area contributed by atoms with Gasteiger partial charge in [-0.05, 0) is 23.8 Å². The predicted octanol–water partition coefficient (Wildman–Crippen LogP) is 2.31. The number of carbonyl (C=O) groups is 1. The van der Waals surface area contributed by atoms with E-state index in [0.29, 0.717) is 17.8 Å². The molecule has 0 unspecified atom stereocenters. The van der Waals surface area contributed by atoms with E-state index in [1.54, 1.807) is 36.4 Å². The minimum atomic E-state index is -0.469. The summed E-state index contributed by atoms with van der Waals surface area (Å²) < 4.78 is 0. The van der Waals surface area contributed by atoms with E-state index in [9.17, 15) is 14.9 Å². The lowest BCUT2D eigenvalue weighted by molar-refractivity contribution is -0.384. The van der Waals surface area contributed by atoms with Gasteiger partial charge in [0.2, 0.25) is 5.91 Å². The number of nitrogens with zero attached hydrogens (tertiary/aromatic N) is 1. The van der Waals surface area contributed by atoms with Crippen molar-refractivity contribution >= 4 is 17.3 Å². The van der Waals surface area contributed by atoms with Crippen molar-refractivity contribution < 1.29 is 9.72 Å². The second-order valence-corrected chi connectivity index (χ2v) is 4.22. The average Bonchev–Trinajstić information content (AvgIpc) is 2.46. The van der Waals surface area contributed by atoms with Crippen molar-refractivity contribution in [3.8, 4) is 0 Å². The van der Waals surface area contributed by atoms with E-state index in [-0.39, 0.29) is 5.69 Å². The SMILES string of the molecule is NC(=O)c1ccc(CNc2cccc([N+](=O)[O-])c2)cc1. The molecule has 2 aromatic rings. The number of carbonyl (C=O) groups excluding carboxylic acids is 1. The maximum absolute atomic E-state index is 10.9. The maximum atomic E-state index is 10.9. The van der Waals surface area contributed by atoms with E-state index in [2.05, 4.69) is 5.32 Å². The fourth-order valence-corrected chi connectivity index (χ4v) is 1.72. The highest BCUT2D eigenvalue weighted by Gasteiger charge is 2.05.